The maximum Gasteiger partial charge on any atom is 0.336 e. The molecule has 4 rings (SSSR count). The van der Waals surface area contributed by atoms with Crippen molar-refractivity contribution < 1.29 is 19.1 Å². The van der Waals surface area contributed by atoms with Crippen molar-refractivity contribution in [2.24, 2.45) is 5.92 Å². The summed E-state index contributed by atoms with van der Waals surface area (Å²) in [7, 11) is 0. The van der Waals surface area contributed by atoms with Crippen molar-refractivity contribution in [1.82, 2.24) is 0 Å². The van der Waals surface area contributed by atoms with Crippen LogP contribution in [0.15, 0.2) is 21.3 Å². The summed E-state index contributed by atoms with van der Waals surface area (Å²) in [5.74, 6) is 0.129. The van der Waals surface area contributed by atoms with Crippen molar-refractivity contribution in [3.05, 3.63) is 33.7 Å². The summed E-state index contributed by atoms with van der Waals surface area (Å²) in [6, 6.07) is 2.90. The summed E-state index contributed by atoms with van der Waals surface area (Å²) in [5, 5.41) is 10.9. The lowest BCUT2D eigenvalue weighted by atomic mass is 9.79. The first-order valence-electron chi connectivity index (χ1n) is 8.63. The second-order valence-corrected chi connectivity index (χ2v) is 6.73. The van der Waals surface area contributed by atoms with Gasteiger partial charge in [-0.15, -0.1) is 0 Å². The molecule has 1 aromatic heterocycles. The quantitative estimate of drug-likeness (QED) is 0.853. The first kappa shape index (κ1) is 15.2. The van der Waals surface area contributed by atoms with Crippen LogP contribution in [0.25, 0.3) is 11.0 Å². The number of aromatic hydroxyl groups is 1. The summed E-state index contributed by atoms with van der Waals surface area (Å²) in [5.41, 5.74) is 0.705. The lowest BCUT2D eigenvalue weighted by Gasteiger charge is -2.35. The van der Waals surface area contributed by atoms with Gasteiger partial charge in [0.2, 0.25) is 0 Å². The van der Waals surface area contributed by atoms with E-state index in [1.54, 1.807) is 0 Å². The molecule has 2 heterocycles. The van der Waals surface area contributed by atoms with E-state index >= 15 is 0 Å². The molecule has 2 aromatic rings. The summed E-state index contributed by atoms with van der Waals surface area (Å²) >= 11 is 0. The van der Waals surface area contributed by atoms with Gasteiger partial charge < -0.3 is 14.3 Å². The zero-order valence-electron chi connectivity index (χ0n) is 13.6. The minimum Gasteiger partial charge on any atom is -0.507 e. The number of fused-ring (bicyclic) bond motifs is 4. The van der Waals surface area contributed by atoms with E-state index in [9.17, 15) is 14.7 Å². The molecule has 1 fully saturated rings. The smallest absolute Gasteiger partial charge is 0.336 e. The summed E-state index contributed by atoms with van der Waals surface area (Å²) in [6.45, 7) is 2.00. The lowest BCUT2D eigenvalue weighted by Crippen LogP contribution is -2.40. The predicted octanol–water partition coefficient (Wildman–Crippen LogP) is 3.59. The molecule has 126 valence electrons. The van der Waals surface area contributed by atoms with Crippen LogP contribution in [-0.2, 0) is 6.42 Å². The van der Waals surface area contributed by atoms with Gasteiger partial charge in [-0.1, -0.05) is 19.8 Å². The molecule has 1 N–H and O–H groups in total. The van der Waals surface area contributed by atoms with E-state index in [1.807, 2.05) is 6.92 Å². The number of phenolic OH excluding ortho intramolecular Hbond substituents is 1. The van der Waals surface area contributed by atoms with Gasteiger partial charge in [0.15, 0.2) is 11.4 Å². The Morgan fingerprint density at radius 2 is 2.00 bits per heavy atom. The molecule has 0 radical (unpaired) electrons. The topological polar surface area (TPSA) is 76.7 Å². The molecule has 5 heteroatoms. The van der Waals surface area contributed by atoms with E-state index in [0.29, 0.717) is 28.7 Å². The Morgan fingerprint density at radius 1 is 1.21 bits per heavy atom. The second kappa shape index (κ2) is 5.65. The van der Waals surface area contributed by atoms with E-state index in [0.717, 1.165) is 32.1 Å². The van der Waals surface area contributed by atoms with Crippen molar-refractivity contribution in [2.75, 3.05) is 0 Å². The van der Waals surface area contributed by atoms with Crippen LogP contribution in [0.5, 0.6) is 11.5 Å². The monoisotopic (exact) mass is 328 g/mol. The Hall–Kier alpha value is -2.30. The first-order chi connectivity index (χ1) is 11.6. The highest BCUT2D eigenvalue weighted by Crippen LogP contribution is 2.44. The Balaban J connectivity index is 2.00. The van der Waals surface area contributed by atoms with Gasteiger partial charge in [-0.25, -0.2) is 4.79 Å². The van der Waals surface area contributed by atoms with Gasteiger partial charge in [-0.2, -0.15) is 0 Å². The number of rotatable bonds is 2. The van der Waals surface area contributed by atoms with Crippen molar-refractivity contribution in [3.63, 3.8) is 0 Å². The highest BCUT2D eigenvalue weighted by Gasteiger charge is 2.41. The Kier molecular flexibility index (Phi) is 3.59. The van der Waals surface area contributed by atoms with Crippen LogP contribution in [0.2, 0.25) is 0 Å². The largest absolute Gasteiger partial charge is 0.507 e. The number of hydrogen-bond acceptors (Lipinski definition) is 5. The van der Waals surface area contributed by atoms with Crippen LogP contribution in [0, 0.1) is 5.92 Å². The number of ketones is 1. The molecule has 0 bridgehead atoms. The van der Waals surface area contributed by atoms with Crippen LogP contribution >= 0.6 is 0 Å². The highest BCUT2D eigenvalue weighted by atomic mass is 16.5. The molecule has 0 unspecified atom stereocenters. The van der Waals surface area contributed by atoms with Crippen LogP contribution in [-0.4, -0.2) is 17.0 Å². The average molecular weight is 328 g/mol. The Bertz CT molecular complexity index is 879. The third kappa shape index (κ3) is 2.22. The molecular weight excluding hydrogens is 308 g/mol. The lowest BCUT2D eigenvalue weighted by molar-refractivity contribution is 0.0525. The molecule has 0 amide bonds. The summed E-state index contributed by atoms with van der Waals surface area (Å²) in [6.07, 6.45) is 5.01. The fourth-order valence-electron chi connectivity index (χ4n) is 4.06. The molecule has 1 aliphatic heterocycles. The van der Waals surface area contributed by atoms with Gasteiger partial charge in [0.05, 0.1) is 11.3 Å². The fraction of sp³-hybridized carbons (Fsp3) is 0.474. The molecule has 24 heavy (non-hydrogen) atoms. The van der Waals surface area contributed by atoms with Gasteiger partial charge in [0, 0.05) is 12.1 Å². The second-order valence-electron chi connectivity index (χ2n) is 6.73. The molecular formula is C19H20O5. The summed E-state index contributed by atoms with van der Waals surface area (Å²) < 4.78 is 11.4. The Labute approximate surface area is 139 Å². The molecule has 0 spiro atoms. The van der Waals surface area contributed by atoms with Crippen LogP contribution in [0.4, 0.5) is 0 Å². The molecule has 1 aliphatic carbocycles. The Morgan fingerprint density at radius 3 is 2.79 bits per heavy atom. The standard InChI is InChI=1S/C19H20O5/c1-2-5-10-8-15(21)24-19-16(10)12(20)9-14-17(19)18(22)11-6-3-4-7-13(11)23-14/h8-9,11,13,20H,2-7H2,1H3/t11-,13-/m1/s1. The van der Waals surface area contributed by atoms with E-state index in [1.165, 1.54) is 12.1 Å². The maximum absolute atomic E-state index is 13.0. The molecule has 5 nitrogen and oxygen atoms in total. The fourth-order valence-corrected chi connectivity index (χ4v) is 4.06. The van der Waals surface area contributed by atoms with Crippen molar-refractivity contribution in [2.45, 2.75) is 51.6 Å². The van der Waals surface area contributed by atoms with Gasteiger partial charge in [-0.3, -0.25) is 4.79 Å². The first-order valence-corrected chi connectivity index (χ1v) is 8.63. The SMILES string of the molecule is CCCc1cc(=O)oc2c3c(cc(O)c12)O[C@@H]1CCCC[C@H]1C3=O. The number of phenols is 1. The van der Waals surface area contributed by atoms with Crippen molar-refractivity contribution in [3.8, 4) is 11.5 Å². The van der Waals surface area contributed by atoms with Crippen LogP contribution in [0.3, 0.4) is 0 Å². The molecule has 1 aromatic carbocycles. The highest BCUT2D eigenvalue weighted by molar-refractivity contribution is 6.12. The molecule has 2 atom stereocenters. The number of carbonyl (C=O) groups is 1. The zero-order valence-corrected chi connectivity index (χ0v) is 13.6. The minimum atomic E-state index is -0.502. The number of hydrogen-bond donors (Lipinski definition) is 1. The number of aryl methyl sites for hydroxylation is 1. The average Bonchev–Trinajstić information content (AvgIpc) is 2.54. The zero-order chi connectivity index (χ0) is 16.8. The number of benzene rings is 1. The number of Topliss-reactive ketones (excluding diaryl/α,β-unsaturated/α-hetero) is 1. The summed E-state index contributed by atoms with van der Waals surface area (Å²) in [4.78, 5) is 25.0. The van der Waals surface area contributed by atoms with Gasteiger partial charge >= 0.3 is 5.63 Å². The molecule has 0 saturated heterocycles. The molecule has 2 aliphatic rings. The van der Waals surface area contributed by atoms with Crippen molar-refractivity contribution >= 4 is 16.8 Å². The van der Waals surface area contributed by atoms with Gasteiger partial charge in [-0.05, 0) is 31.2 Å². The minimum absolute atomic E-state index is 0.00184. The van der Waals surface area contributed by atoms with Crippen LogP contribution in [0.1, 0.15) is 54.9 Å². The van der Waals surface area contributed by atoms with E-state index in [-0.39, 0.29) is 29.1 Å². The van der Waals surface area contributed by atoms with Crippen molar-refractivity contribution in [1.29, 1.82) is 0 Å². The number of carbonyl (C=O) groups excluding carboxylic acids is 1. The van der Waals surface area contributed by atoms with E-state index in [2.05, 4.69) is 0 Å². The predicted molar refractivity (Wildman–Crippen MR) is 88.8 cm³/mol. The van der Waals surface area contributed by atoms with Gasteiger partial charge in [0.1, 0.15) is 23.2 Å². The normalized spacial score (nSPS) is 22.8. The van der Waals surface area contributed by atoms with E-state index in [4.69, 9.17) is 9.15 Å². The van der Waals surface area contributed by atoms with Gasteiger partial charge in [0.25, 0.3) is 0 Å². The van der Waals surface area contributed by atoms with E-state index < -0.39 is 5.63 Å². The third-order valence-electron chi connectivity index (χ3n) is 5.12. The van der Waals surface area contributed by atoms with Crippen LogP contribution < -0.4 is 10.4 Å². The third-order valence-corrected chi connectivity index (χ3v) is 5.12. The number of ether oxygens (including phenoxy) is 1. The maximum atomic E-state index is 13.0. The molecule has 1 saturated carbocycles.